The molecule has 0 bridgehead atoms. The predicted molar refractivity (Wildman–Crippen MR) is 84.3 cm³/mol. The Morgan fingerprint density at radius 1 is 1.27 bits per heavy atom. The Bertz CT molecular complexity index is 937. The van der Waals surface area contributed by atoms with Crippen molar-refractivity contribution in [2.24, 2.45) is 12.8 Å². The number of pyridine rings is 1. The van der Waals surface area contributed by atoms with Gasteiger partial charge in [-0.05, 0) is 18.6 Å². The number of nitrogens with two attached hydrogens (primary N) is 1. The summed E-state index contributed by atoms with van der Waals surface area (Å²) < 4.78 is 2.77. The molecule has 2 heterocycles. The van der Waals surface area contributed by atoms with E-state index in [-0.39, 0.29) is 12.2 Å². The van der Waals surface area contributed by atoms with Crippen LogP contribution >= 0.6 is 0 Å². The van der Waals surface area contributed by atoms with Gasteiger partial charge in [-0.15, -0.1) is 0 Å². The summed E-state index contributed by atoms with van der Waals surface area (Å²) in [6.45, 7) is 1.86. The van der Waals surface area contributed by atoms with Crippen molar-refractivity contribution in [3.8, 4) is 11.1 Å². The number of fused-ring (bicyclic) bond motifs is 1. The van der Waals surface area contributed by atoms with Crippen molar-refractivity contribution in [3.05, 3.63) is 52.6 Å². The third-order valence-corrected chi connectivity index (χ3v) is 3.64. The Labute approximate surface area is 126 Å². The molecule has 2 aromatic heterocycles. The van der Waals surface area contributed by atoms with Crippen LogP contribution in [0.15, 0.2) is 41.3 Å². The number of amides is 1. The molecule has 0 unspecified atom stereocenters. The maximum absolute atomic E-state index is 12.2. The SMILES string of the molecule is Cc1cccc(-c2cnc3c(c2)n(CC(N)=O)c(=O)n3C)c1. The lowest BCUT2D eigenvalue weighted by atomic mass is 10.1. The number of benzene rings is 1. The third kappa shape index (κ3) is 2.28. The first-order valence-corrected chi connectivity index (χ1v) is 6.88. The van der Waals surface area contributed by atoms with Crippen LogP contribution in [0.25, 0.3) is 22.3 Å². The molecule has 0 spiro atoms. The number of hydrogen-bond donors (Lipinski definition) is 1. The van der Waals surface area contributed by atoms with Crippen LogP contribution in [0.3, 0.4) is 0 Å². The largest absolute Gasteiger partial charge is 0.368 e. The highest BCUT2D eigenvalue weighted by atomic mass is 16.2. The summed E-state index contributed by atoms with van der Waals surface area (Å²) >= 11 is 0. The standard InChI is InChI=1S/C16H16N4O2/c1-10-4-3-5-11(6-10)12-7-13-15(18-8-12)19(2)16(22)20(13)9-14(17)21/h3-8H,9H2,1-2H3,(H2,17,21). The van der Waals surface area contributed by atoms with E-state index >= 15 is 0 Å². The summed E-state index contributed by atoms with van der Waals surface area (Å²) in [6.07, 6.45) is 1.73. The van der Waals surface area contributed by atoms with Gasteiger partial charge in [0.1, 0.15) is 6.54 Å². The van der Waals surface area contributed by atoms with Crippen molar-refractivity contribution in [1.29, 1.82) is 0 Å². The van der Waals surface area contributed by atoms with Gasteiger partial charge >= 0.3 is 5.69 Å². The van der Waals surface area contributed by atoms with Crippen molar-refractivity contribution < 1.29 is 4.79 Å². The molecule has 6 heteroatoms. The quantitative estimate of drug-likeness (QED) is 0.788. The lowest BCUT2D eigenvalue weighted by molar-refractivity contribution is -0.118. The first-order valence-electron chi connectivity index (χ1n) is 6.88. The Hall–Kier alpha value is -2.89. The highest BCUT2D eigenvalue weighted by molar-refractivity contribution is 5.81. The number of carbonyl (C=O) groups excluding carboxylic acids is 1. The van der Waals surface area contributed by atoms with Crippen LogP contribution in [-0.4, -0.2) is 20.0 Å². The number of rotatable bonds is 3. The van der Waals surface area contributed by atoms with Gasteiger partial charge in [-0.3, -0.25) is 13.9 Å². The summed E-state index contributed by atoms with van der Waals surface area (Å²) in [5.74, 6) is -0.560. The van der Waals surface area contributed by atoms with Crippen LogP contribution < -0.4 is 11.4 Å². The zero-order chi connectivity index (χ0) is 15.9. The molecule has 0 atom stereocenters. The zero-order valence-corrected chi connectivity index (χ0v) is 12.4. The maximum Gasteiger partial charge on any atom is 0.330 e. The van der Waals surface area contributed by atoms with Gasteiger partial charge in [0.05, 0.1) is 5.52 Å². The second-order valence-electron chi connectivity index (χ2n) is 5.33. The topological polar surface area (TPSA) is 82.9 Å². The summed E-state index contributed by atoms with van der Waals surface area (Å²) in [5, 5.41) is 0. The van der Waals surface area contributed by atoms with Gasteiger partial charge in [0, 0.05) is 18.8 Å². The molecule has 0 radical (unpaired) electrons. The minimum absolute atomic E-state index is 0.158. The number of hydrogen-bond acceptors (Lipinski definition) is 3. The van der Waals surface area contributed by atoms with E-state index in [0.717, 1.165) is 16.7 Å². The van der Waals surface area contributed by atoms with Gasteiger partial charge in [-0.2, -0.15) is 0 Å². The molecule has 1 aromatic carbocycles. The second-order valence-corrected chi connectivity index (χ2v) is 5.33. The Balaban J connectivity index is 2.24. The number of nitrogens with zero attached hydrogens (tertiary/aromatic N) is 3. The normalized spacial score (nSPS) is 11.0. The lowest BCUT2D eigenvalue weighted by Gasteiger charge is -2.04. The van der Waals surface area contributed by atoms with Crippen LogP contribution in [0.4, 0.5) is 0 Å². The van der Waals surface area contributed by atoms with E-state index in [4.69, 9.17) is 5.73 Å². The number of primary amides is 1. The number of imidazole rings is 1. The van der Waals surface area contributed by atoms with Gasteiger partial charge in [-0.1, -0.05) is 29.8 Å². The number of aryl methyl sites for hydroxylation is 2. The minimum Gasteiger partial charge on any atom is -0.368 e. The highest BCUT2D eigenvalue weighted by Gasteiger charge is 2.14. The van der Waals surface area contributed by atoms with E-state index in [1.54, 1.807) is 13.2 Å². The van der Waals surface area contributed by atoms with E-state index in [1.807, 2.05) is 37.3 Å². The first-order chi connectivity index (χ1) is 10.5. The molecule has 0 aliphatic rings. The molecule has 22 heavy (non-hydrogen) atoms. The van der Waals surface area contributed by atoms with Crippen LogP contribution in [0.1, 0.15) is 5.56 Å². The maximum atomic E-state index is 12.2. The monoisotopic (exact) mass is 296 g/mol. The number of aromatic nitrogens is 3. The molecule has 0 aliphatic carbocycles. The molecule has 112 valence electrons. The van der Waals surface area contributed by atoms with Crippen LogP contribution in [0, 0.1) is 6.92 Å². The van der Waals surface area contributed by atoms with Crippen molar-refractivity contribution >= 4 is 17.1 Å². The second kappa shape index (κ2) is 5.14. The average Bonchev–Trinajstić information content (AvgIpc) is 2.71. The van der Waals surface area contributed by atoms with Gasteiger partial charge in [0.25, 0.3) is 0 Å². The minimum atomic E-state index is -0.560. The van der Waals surface area contributed by atoms with E-state index in [0.29, 0.717) is 11.2 Å². The first kappa shape index (κ1) is 14.1. The Kier molecular flexibility index (Phi) is 3.29. The fraction of sp³-hybridized carbons (Fsp3) is 0.188. The molecule has 0 saturated heterocycles. The van der Waals surface area contributed by atoms with Crippen molar-refractivity contribution in [2.75, 3.05) is 0 Å². The molecule has 6 nitrogen and oxygen atoms in total. The Morgan fingerprint density at radius 3 is 2.73 bits per heavy atom. The third-order valence-electron chi connectivity index (χ3n) is 3.64. The van der Waals surface area contributed by atoms with E-state index in [9.17, 15) is 9.59 Å². The van der Waals surface area contributed by atoms with Crippen LogP contribution in [0.5, 0.6) is 0 Å². The number of carbonyl (C=O) groups is 1. The van der Waals surface area contributed by atoms with Crippen LogP contribution in [-0.2, 0) is 18.4 Å². The van der Waals surface area contributed by atoms with Crippen molar-refractivity contribution in [2.45, 2.75) is 13.5 Å². The van der Waals surface area contributed by atoms with E-state index in [2.05, 4.69) is 4.98 Å². The van der Waals surface area contributed by atoms with Gasteiger partial charge in [0.2, 0.25) is 5.91 Å². The van der Waals surface area contributed by atoms with Crippen LogP contribution in [0.2, 0.25) is 0 Å². The van der Waals surface area contributed by atoms with E-state index in [1.165, 1.54) is 9.13 Å². The zero-order valence-electron chi connectivity index (χ0n) is 12.4. The van der Waals surface area contributed by atoms with Gasteiger partial charge in [0.15, 0.2) is 5.65 Å². The Morgan fingerprint density at radius 2 is 2.05 bits per heavy atom. The fourth-order valence-electron chi connectivity index (χ4n) is 2.57. The lowest BCUT2D eigenvalue weighted by Crippen LogP contribution is -2.28. The predicted octanol–water partition coefficient (Wildman–Crippen LogP) is 1.20. The fourth-order valence-corrected chi connectivity index (χ4v) is 2.57. The molecule has 3 rings (SSSR count). The smallest absolute Gasteiger partial charge is 0.330 e. The molecule has 1 amide bonds. The van der Waals surface area contributed by atoms with E-state index < -0.39 is 5.91 Å². The summed E-state index contributed by atoms with van der Waals surface area (Å²) in [7, 11) is 1.63. The van der Waals surface area contributed by atoms with Crippen molar-refractivity contribution in [3.63, 3.8) is 0 Å². The molecular formula is C16H16N4O2. The molecule has 0 fully saturated rings. The highest BCUT2D eigenvalue weighted by Crippen LogP contribution is 2.23. The van der Waals surface area contributed by atoms with Gasteiger partial charge < -0.3 is 5.73 Å². The average molecular weight is 296 g/mol. The summed E-state index contributed by atoms with van der Waals surface area (Å²) in [6, 6.07) is 9.87. The van der Waals surface area contributed by atoms with Gasteiger partial charge in [-0.25, -0.2) is 9.78 Å². The molecule has 0 aliphatic heterocycles. The molecule has 2 N–H and O–H groups in total. The molecular weight excluding hydrogens is 280 g/mol. The molecule has 0 saturated carbocycles. The summed E-state index contributed by atoms with van der Waals surface area (Å²) in [5.41, 5.74) is 9.10. The molecule has 3 aromatic rings. The van der Waals surface area contributed by atoms with Crippen molar-refractivity contribution in [1.82, 2.24) is 14.1 Å². The summed E-state index contributed by atoms with van der Waals surface area (Å²) in [4.78, 5) is 27.8.